The van der Waals surface area contributed by atoms with Crippen LogP contribution in [0, 0.1) is 11.3 Å². The number of aldehydes is 1. The summed E-state index contributed by atoms with van der Waals surface area (Å²) in [5.41, 5.74) is 5.35. The van der Waals surface area contributed by atoms with E-state index < -0.39 is 5.91 Å². The summed E-state index contributed by atoms with van der Waals surface area (Å²) in [5.74, 6) is -0.670. The fraction of sp³-hybridized carbons (Fsp3) is 0.100. The molecule has 0 radical (unpaired) electrons. The number of nitrogens with two attached hydrogens (primary N) is 1. The van der Waals surface area contributed by atoms with E-state index in [2.05, 4.69) is 0 Å². The molecular formula is C10H8N2O3. The van der Waals surface area contributed by atoms with E-state index in [0.29, 0.717) is 6.29 Å². The van der Waals surface area contributed by atoms with E-state index in [1.165, 1.54) is 19.2 Å². The van der Waals surface area contributed by atoms with Crippen LogP contribution < -0.4 is 10.5 Å². The Balaban J connectivity index is 3.56. The Morgan fingerprint density at radius 3 is 2.67 bits per heavy atom. The van der Waals surface area contributed by atoms with Gasteiger partial charge in [0.05, 0.1) is 23.8 Å². The Morgan fingerprint density at radius 2 is 2.27 bits per heavy atom. The number of primary amides is 1. The zero-order valence-electron chi connectivity index (χ0n) is 7.98. The Labute approximate surface area is 86.1 Å². The molecule has 0 aromatic heterocycles. The van der Waals surface area contributed by atoms with E-state index in [1.807, 2.05) is 6.07 Å². The van der Waals surface area contributed by atoms with Crippen LogP contribution in [0.1, 0.15) is 26.3 Å². The summed E-state index contributed by atoms with van der Waals surface area (Å²) in [6.07, 6.45) is 0.462. The normalized spacial score (nSPS) is 9.07. The molecule has 0 heterocycles. The second-order valence-corrected chi connectivity index (χ2v) is 2.70. The number of amides is 1. The largest absolute Gasteiger partial charge is 0.495 e. The van der Waals surface area contributed by atoms with Gasteiger partial charge in [-0.1, -0.05) is 0 Å². The van der Waals surface area contributed by atoms with Crippen LogP contribution in [0.2, 0.25) is 0 Å². The Kier molecular flexibility index (Phi) is 3.03. The predicted molar refractivity (Wildman–Crippen MR) is 51.6 cm³/mol. The molecule has 5 nitrogen and oxygen atoms in total. The van der Waals surface area contributed by atoms with Crippen LogP contribution in [0.25, 0.3) is 0 Å². The topological polar surface area (TPSA) is 93.2 Å². The molecule has 0 saturated heterocycles. The summed E-state index contributed by atoms with van der Waals surface area (Å²) in [7, 11) is 1.30. The zero-order chi connectivity index (χ0) is 11.4. The van der Waals surface area contributed by atoms with Gasteiger partial charge in [-0.15, -0.1) is 0 Å². The molecule has 0 aliphatic heterocycles. The van der Waals surface area contributed by atoms with E-state index in [4.69, 9.17) is 15.7 Å². The number of methoxy groups -OCH3 is 1. The summed E-state index contributed by atoms with van der Waals surface area (Å²) < 4.78 is 4.89. The fourth-order valence-electron chi connectivity index (χ4n) is 1.23. The maximum Gasteiger partial charge on any atom is 0.252 e. The lowest BCUT2D eigenvalue weighted by Crippen LogP contribution is -2.14. The van der Waals surface area contributed by atoms with Crippen molar-refractivity contribution in [2.24, 2.45) is 5.73 Å². The Hall–Kier alpha value is -2.35. The number of ether oxygens (including phenoxy) is 1. The van der Waals surface area contributed by atoms with Gasteiger partial charge in [-0.2, -0.15) is 5.26 Å². The van der Waals surface area contributed by atoms with Crippen molar-refractivity contribution in [3.05, 3.63) is 28.8 Å². The van der Waals surface area contributed by atoms with Crippen LogP contribution in [0.15, 0.2) is 12.1 Å². The standard InChI is InChI=1S/C10H8N2O3/c1-15-9-7(10(12)14)3-2-6(4-11)8(9)5-13/h2-3,5H,1H3,(H2,12,14). The zero-order valence-corrected chi connectivity index (χ0v) is 7.98. The molecule has 0 unspecified atom stereocenters. The van der Waals surface area contributed by atoms with E-state index in [1.54, 1.807) is 0 Å². The number of benzene rings is 1. The number of hydrogen-bond acceptors (Lipinski definition) is 4. The second-order valence-electron chi connectivity index (χ2n) is 2.70. The van der Waals surface area contributed by atoms with Crippen molar-refractivity contribution < 1.29 is 14.3 Å². The molecule has 76 valence electrons. The van der Waals surface area contributed by atoms with Crippen molar-refractivity contribution in [3.63, 3.8) is 0 Å². The molecule has 0 fully saturated rings. The van der Waals surface area contributed by atoms with E-state index in [0.717, 1.165) is 0 Å². The summed E-state index contributed by atoms with van der Waals surface area (Å²) in [5, 5.41) is 8.72. The number of hydrogen-bond donors (Lipinski definition) is 1. The van der Waals surface area contributed by atoms with Gasteiger partial charge in [0, 0.05) is 0 Å². The summed E-state index contributed by atoms with van der Waals surface area (Å²) in [4.78, 5) is 21.7. The number of nitriles is 1. The smallest absolute Gasteiger partial charge is 0.252 e. The van der Waals surface area contributed by atoms with Crippen LogP contribution >= 0.6 is 0 Å². The van der Waals surface area contributed by atoms with Crippen molar-refractivity contribution in [1.82, 2.24) is 0 Å². The van der Waals surface area contributed by atoms with Crippen molar-refractivity contribution in [2.75, 3.05) is 7.11 Å². The number of rotatable bonds is 3. The molecule has 0 atom stereocenters. The van der Waals surface area contributed by atoms with Gasteiger partial charge in [0.1, 0.15) is 11.8 Å². The molecule has 1 aromatic carbocycles. The maximum absolute atomic E-state index is 11.0. The van der Waals surface area contributed by atoms with E-state index in [9.17, 15) is 9.59 Å². The van der Waals surface area contributed by atoms with Crippen molar-refractivity contribution in [1.29, 1.82) is 5.26 Å². The third kappa shape index (κ3) is 1.79. The molecule has 5 heteroatoms. The molecule has 1 aromatic rings. The number of carbonyl (C=O) groups is 2. The first-order valence-electron chi connectivity index (χ1n) is 4.01. The minimum absolute atomic E-state index is 0.0382. The van der Waals surface area contributed by atoms with Crippen LogP contribution in [-0.2, 0) is 0 Å². The molecule has 0 aliphatic rings. The first-order chi connectivity index (χ1) is 7.15. The van der Waals surface area contributed by atoms with Gasteiger partial charge in [-0.3, -0.25) is 9.59 Å². The molecule has 2 N–H and O–H groups in total. The fourth-order valence-corrected chi connectivity index (χ4v) is 1.23. The van der Waals surface area contributed by atoms with Crippen molar-refractivity contribution in [2.45, 2.75) is 0 Å². The van der Waals surface area contributed by atoms with Gasteiger partial charge in [-0.25, -0.2) is 0 Å². The van der Waals surface area contributed by atoms with Gasteiger partial charge >= 0.3 is 0 Å². The van der Waals surface area contributed by atoms with E-state index in [-0.39, 0.29) is 22.4 Å². The summed E-state index contributed by atoms with van der Waals surface area (Å²) in [6.45, 7) is 0. The molecular weight excluding hydrogens is 196 g/mol. The number of carbonyl (C=O) groups excluding carboxylic acids is 2. The van der Waals surface area contributed by atoms with Gasteiger partial charge in [0.25, 0.3) is 5.91 Å². The highest BCUT2D eigenvalue weighted by atomic mass is 16.5. The highest BCUT2D eigenvalue weighted by Gasteiger charge is 2.16. The van der Waals surface area contributed by atoms with Crippen molar-refractivity contribution in [3.8, 4) is 11.8 Å². The van der Waals surface area contributed by atoms with Crippen LogP contribution in [-0.4, -0.2) is 19.3 Å². The van der Waals surface area contributed by atoms with Gasteiger partial charge in [0.2, 0.25) is 0 Å². The maximum atomic E-state index is 11.0. The Morgan fingerprint density at radius 1 is 1.60 bits per heavy atom. The number of nitrogens with zero attached hydrogens (tertiary/aromatic N) is 1. The monoisotopic (exact) mass is 204 g/mol. The second kappa shape index (κ2) is 4.24. The minimum Gasteiger partial charge on any atom is -0.495 e. The molecule has 0 bridgehead atoms. The molecule has 0 saturated carbocycles. The van der Waals surface area contributed by atoms with Gasteiger partial charge in [-0.05, 0) is 12.1 Å². The quantitative estimate of drug-likeness (QED) is 0.724. The van der Waals surface area contributed by atoms with Crippen LogP contribution in [0.3, 0.4) is 0 Å². The summed E-state index contributed by atoms with van der Waals surface area (Å²) >= 11 is 0. The molecule has 15 heavy (non-hydrogen) atoms. The molecule has 0 aliphatic carbocycles. The van der Waals surface area contributed by atoms with Gasteiger partial charge in [0.15, 0.2) is 6.29 Å². The van der Waals surface area contributed by atoms with Crippen molar-refractivity contribution >= 4 is 12.2 Å². The third-order valence-corrected chi connectivity index (χ3v) is 1.90. The first kappa shape index (κ1) is 10.7. The highest BCUT2D eigenvalue weighted by Crippen LogP contribution is 2.25. The lowest BCUT2D eigenvalue weighted by Gasteiger charge is -2.08. The van der Waals surface area contributed by atoms with Crippen LogP contribution in [0.4, 0.5) is 0 Å². The average Bonchev–Trinajstić information content (AvgIpc) is 2.26. The summed E-state index contributed by atoms with van der Waals surface area (Å²) in [6, 6.07) is 4.53. The molecule has 1 rings (SSSR count). The Bertz CT molecular complexity index is 460. The SMILES string of the molecule is COc1c(C(N)=O)ccc(C#N)c1C=O. The average molecular weight is 204 g/mol. The van der Waals surface area contributed by atoms with Crippen LogP contribution in [0.5, 0.6) is 5.75 Å². The van der Waals surface area contributed by atoms with Gasteiger partial charge < -0.3 is 10.5 Å². The van der Waals surface area contributed by atoms with E-state index >= 15 is 0 Å². The molecule has 0 spiro atoms. The lowest BCUT2D eigenvalue weighted by atomic mass is 10.0. The predicted octanol–water partition coefficient (Wildman–Crippen LogP) is 0.478. The first-order valence-corrected chi connectivity index (χ1v) is 4.01. The third-order valence-electron chi connectivity index (χ3n) is 1.90. The lowest BCUT2D eigenvalue weighted by molar-refractivity contribution is 0.0997. The minimum atomic E-state index is -0.709. The highest BCUT2D eigenvalue weighted by molar-refractivity contribution is 5.99. The molecule has 1 amide bonds.